The van der Waals surface area contributed by atoms with Crippen LogP contribution in [-0.4, -0.2) is 10.2 Å². The lowest BCUT2D eigenvalue weighted by molar-refractivity contribution is 0.641. The molecule has 0 spiro atoms. The maximum absolute atomic E-state index is 3.48. The molecule has 0 saturated heterocycles. The molecule has 59 valence electrons. The molecule has 0 bridgehead atoms. The standard InChI is InChI=1S/C10H15Si/c11-7-9-6-5-8-3-1-2-4-10(8)9/h5,9H,1-4,7H2,11H3. The molecule has 0 aliphatic heterocycles. The van der Waals surface area contributed by atoms with Crippen LogP contribution in [0, 0.1) is 12.0 Å². The van der Waals surface area contributed by atoms with Gasteiger partial charge in [-0.15, -0.1) is 0 Å². The van der Waals surface area contributed by atoms with Crippen molar-refractivity contribution >= 4 is 10.2 Å². The summed E-state index contributed by atoms with van der Waals surface area (Å²) in [5, 5.41) is 0. The van der Waals surface area contributed by atoms with E-state index in [0.717, 1.165) is 5.92 Å². The van der Waals surface area contributed by atoms with E-state index in [1.165, 1.54) is 42.0 Å². The Morgan fingerprint density at radius 3 is 3.09 bits per heavy atom. The molecule has 2 rings (SSSR count). The summed E-state index contributed by atoms with van der Waals surface area (Å²) in [4.78, 5) is 0. The molecule has 2 aliphatic carbocycles. The first-order chi connectivity index (χ1) is 5.42. The summed E-state index contributed by atoms with van der Waals surface area (Å²) in [6, 6.07) is 1.38. The Kier molecular flexibility index (Phi) is 1.99. The molecule has 0 saturated carbocycles. The van der Waals surface area contributed by atoms with Crippen molar-refractivity contribution in [3.05, 3.63) is 23.3 Å². The monoisotopic (exact) mass is 163 g/mol. The van der Waals surface area contributed by atoms with Crippen molar-refractivity contribution in [3.8, 4) is 0 Å². The minimum Gasteiger partial charge on any atom is -0.0598 e. The van der Waals surface area contributed by atoms with E-state index in [1.54, 1.807) is 11.1 Å². The first-order valence-electron chi connectivity index (χ1n) is 4.73. The lowest BCUT2D eigenvalue weighted by Crippen LogP contribution is -2.02. The molecule has 1 heteroatoms. The van der Waals surface area contributed by atoms with Crippen molar-refractivity contribution in [2.24, 2.45) is 5.92 Å². The molecule has 0 aromatic heterocycles. The second-order valence-corrected chi connectivity index (χ2v) is 4.35. The smallest absolute Gasteiger partial charge is 0.00398 e. The highest BCUT2D eigenvalue weighted by Gasteiger charge is 2.21. The van der Waals surface area contributed by atoms with Crippen LogP contribution in [0.3, 0.4) is 0 Å². The van der Waals surface area contributed by atoms with Crippen molar-refractivity contribution in [2.45, 2.75) is 31.7 Å². The van der Waals surface area contributed by atoms with Gasteiger partial charge in [0.1, 0.15) is 0 Å². The van der Waals surface area contributed by atoms with Gasteiger partial charge in [-0.05, 0) is 37.3 Å². The molecule has 0 heterocycles. The lowest BCUT2D eigenvalue weighted by Gasteiger charge is -2.17. The largest absolute Gasteiger partial charge is 0.0598 e. The van der Waals surface area contributed by atoms with Gasteiger partial charge in [-0.2, -0.15) is 0 Å². The van der Waals surface area contributed by atoms with Gasteiger partial charge in [0.05, 0.1) is 0 Å². The van der Waals surface area contributed by atoms with Gasteiger partial charge in [-0.3, -0.25) is 0 Å². The van der Waals surface area contributed by atoms with Gasteiger partial charge in [0.15, 0.2) is 0 Å². The van der Waals surface area contributed by atoms with E-state index in [0.29, 0.717) is 0 Å². The molecule has 0 aromatic carbocycles. The summed E-state index contributed by atoms with van der Waals surface area (Å²) in [7, 11) is 1.33. The molecule has 0 aromatic rings. The maximum atomic E-state index is 3.48. The minimum atomic E-state index is 0.747. The third kappa shape index (κ3) is 1.22. The van der Waals surface area contributed by atoms with Crippen molar-refractivity contribution in [2.75, 3.05) is 0 Å². The molecule has 2 aliphatic rings. The number of rotatable bonds is 1. The van der Waals surface area contributed by atoms with Gasteiger partial charge >= 0.3 is 0 Å². The highest BCUT2D eigenvalue weighted by molar-refractivity contribution is 6.09. The van der Waals surface area contributed by atoms with Gasteiger partial charge < -0.3 is 0 Å². The summed E-state index contributed by atoms with van der Waals surface area (Å²) in [5.74, 6) is 0.747. The van der Waals surface area contributed by atoms with Gasteiger partial charge in [0.2, 0.25) is 0 Å². The Balaban J connectivity index is 2.21. The molecule has 0 N–H and O–H groups in total. The topological polar surface area (TPSA) is 0 Å². The van der Waals surface area contributed by atoms with Crippen molar-refractivity contribution in [1.82, 2.24) is 0 Å². The molecular formula is C10H15Si. The van der Waals surface area contributed by atoms with E-state index in [-0.39, 0.29) is 0 Å². The predicted octanol–water partition coefficient (Wildman–Crippen LogP) is 1.63. The summed E-state index contributed by atoms with van der Waals surface area (Å²) in [5.41, 5.74) is 3.38. The second-order valence-electron chi connectivity index (χ2n) is 3.53. The van der Waals surface area contributed by atoms with Crippen LogP contribution < -0.4 is 0 Å². The molecule has 0 nitrogen and oxygen atoms in total. The maximum Gasteiger partial charge on any atom is 0.00398 e. The molecule has 11 heavy (non-hydrogen) atoms. The Bertz CT molecular complexity index is 213. The van der Waals surface area contributed by atoms with E-state index < -0.39 is 0 Å². The Morgan fingerprint density at radius 1 is 1.45 bits per heavy atom. The van der Waals surface area contributed by atoms with E-state index in [2.05, 4.69) is 12.2 Å². The zero-order valence-corrected chi connectivity index (χ0v) is 9.19. The third-order valence-electron chi connectivity index (χ3n) is 2.84. The van der Waals surface area contributed by atoms with Gasteiger partial charge in [-0.1, -0.05) is 17.7 Å². The third-order valence-corrected chi connectivity index (χ3v) is 3.66. The Morgan fingerprint density at radius 2 is 2.27 bits per heavy atom. The number of allylic oxidation sites excluding steroid dienone is 4. The van der Waals surface area contributed by atoms with Crippen molar-refractivity contribution in [1.29, 1.82) is 0 Å². The number of hydrogen-bond acceptors (Lipinski definition) is 0. The lowest BCUT2D eigenvalue weighted by atomic mass is 9.89. The van der Waals surface area contributed by atoms with Gasteiger partial charge in [0, 0.05) is 16.2 Å². The molecule has 1 unspecified atom stereocenters. The summed E-state index contributed by atoms with van der Waals surface area (Å²) < 4.78 is 0. The predicted molar refractivity (Wildman–Crippen MR) is 51.5 cm³/mol. The summed E-state index contributed by atoms with van der Waals surface area (Å²) in [6.45, 7) is 0. The van der Waals surface area contributed by atoms with Crippen molar-refractivity contribution < 1.29 is 0 Å². The van der Waals surface area contributed by atoms with E-state index in [1.807, 2.05) is 0 Å². The van der Waals surface area contributed by atoms with Crippen molar-refractivity contribution in [3.63, 3.8) is 0 Å². The molecule has 1 atom stereocenters. The van der Waals surface area contributed by atoms with Crippen LogP contribution in [0.15, 0.2) is 17.2 Å². The normalized spacial score (nSPS) is 29.6. The Labute approximate surface area is 71.8 Å². The van der Waals surface area contributed by atoms with Crippen LogP contribution in [0.4, 0.5) is 0 Å². The van der Waals surface area contributed by atoms with E-state index in [9.17, 15) is 0 Å². The molecule has 1 radical (unpaired) electrons. The van der Waals surface area contributed by atoms with E-state index in [4.69, 9.17) is 0 Å². The highest BCUT2D eigenvalue weighted by Crippen LogP contribution is 2.36. The summed E-state index contributed by atoms with van der Waals surface area (Å²) in [6.07, 6.45) is 11.3. The summed E-state index contributed by atoms with van der Waals surface area (Å²) >= 11 is 0. The SMILES string of the molecule is [SiH3]CC1[C]=CC2=C1CCCC2. The molecule has 0 fully saturated rings. The fourth-order valence-electron chi connectivity index (χ4n) is 2.18. The van der Waals surface area contributed by atoms with Gasteiger partial charge in [0.25, 0.3) is 0 Å². The zero-order valence-electron chi connectivity index (χ0n) is 7.19. The van der Waals surface area contributed by atoms with E-state index >= 15 is 0 Å². The fourth-order valence-corrected chi connectivity index (χ4v) is 2.91. The van der Waals surface area contributed by atoms with Crippen LogP contribution in [0.1, 0.15) is 25.7 Å². The highest BCUT2D eigenvalue weighted by atomic mass is 28.1. The first kappa shape index (κ1) is 7.35. The van der Waals surface area contributed by atoms with Crippen LogP contribution in [0.2, 0.25) is 6.04 Å². The van der Waals surface area contributed by atoms with Gasteiger partial charge in [-0.25, -0.2) is 0 Å². The minimum absolute atomic E-state index is 0.747. The molecule has 0 amide bonds. The fraction of sp³-hybridized carbons (Fsp3) is 0.600. The quantitative estimate of drug-likeness (QED) is 0.515. The van der Waals surface area contributed by atoms with Crippen LogP contribution in [-0.2, 0) is 0 Å². The average Bonchev–Trinajstić information content (AvgIpc) is 2.47. The zero-order chi connectivity index (χ0) is 7.68. The van der Waals surface area contributed by atoms with Crippen LogP contribution >= 0.6 is 0 Å². The number of hydrogen-bond donors (Lipinski definition) is 0. The molecular weight excluding hydrogens is 148 g/mol. The first-order valence-corrected chi connectivity index (χ1v) is 6.14. The van der Waals surface area contributed by atoms with Crippen LogP contribution in [0.25, 0.3) is 0 Å². The Hall–Kier alpha value is -0.303. The second kappa shape index (κ2) is 2.98. The average molecular weight is 163 g/mol. The van der Waals surface area contributed by atoms with Crippen LogP contribution in [0.5, 0.6) is 0 Å².